The van der Waals surface area contributed by atoms with Crippen LogP contribution >= 0.6 is 0 Å². The van der Waals surface area contributed by atoms with Crippen molar-refractivity contribution in [3.63, 3.8) is 0 Å². The molecule has 5 nitrogen and oxygen atoms in total. The minimum Gasteiger partial charge on any atom is -0.493 e. The zero-order chi connectivity index (χ0) is 19.5. The van der Waals surface area contributed by atoms with Crippen molar-refractivity contribution in [3.05, 3.63) is 17.3 Å². The minimum absolute atomic E-state index is 0.363. The number of anilines is 1. The highest BCUT2D eigenvalue weighted by Gasteiger charge is 2.26. The van der Waals surface area contributed by atoms with Gasteiger partial charge >= 0.3 is 0 Å². The molecule has 2 fully saturated rings. The zero-order valence-electron chi connectivity index (χ0n) is 17.6. The molecule has 0 aromatic carbocycles. The Balaban J connectivity index is 1.22. The Morgan fingerprint density at radius 3 is 2.57 bits per heavy atom. The van der Waals surface area contributed by atoms with Gasteiger partial charge < -0.3 is 14.4 Å². The second-order valence-electron chi connectivity index (χ2n) is 9.07. The lowest BCUT2D eigenvalue weighted by Crippen LogP contribution is -2.47. The molecule has 0 atom stereocenters. The summed E-state index contributed by atoms with van der Waals surface area (Å²) in [5.41, 5.74) is 2.36. The Hall–Kier alpha value is -1.62. The number of piperazine rings is 1. The van der Waals surface area contributed by atoms with Gasteiger partial charge in [0.15, 0.2) is 0 Å². The first kappa shape index (κ1) is 19.7. The molecule has 4 rings (SSSR count). The maximum absolute atomic E-state index is 11.3. The number of carbonyl (C=O) groups excluding carboxylic acids is 1. The van der Waals surface area contributed by atoms with Gasteiger partial charge in [-0.15, -0.1) is 0 Å². The van der Waals surface area contributed by atoms with Crippen molar-refractivity contribution in [3.8, 4) is 5.75 Å². The number of aryl methyl sites for hydroxylation is 1. The zero-order valence-corrected chi connectivity index (χ0v) is 17.6. The smallest absolute Gasteiger partial charge is 0.135 e. The third-order valence-corrected chi connectivity index (χ3v) is 6.87. The Morgan fingerprint density at radius 1 is 1.14 bits per heavy atom. The van der Waals surface area contributed by atoms with Crippen LogP contribution in [0.4, 0.5) is 5.82 Å². The van der Waals surface area contributed by atoms with E-state index in [1.54, 1.807) is 6.92 Å². The molecule has 1 aromatic rings. The summed E-state index contributed by atoms with van der Waals surface area (Å²) >= 11 is 0. The first-order valence-corrected chi connectivity index (χ1v) is 11.2. The number of fused-ring (bicyclic) bond motifs is 1. The van der Waals surface area contributed by atoms with Crippen molar-refractivity contribution >= 4 is 11.6 Å². The summed E-state index contributed by atoms with van der Waals surface area (Å²) in [6.45, 7) is 10.2. The standard InChI is InChI=1S/C23H35N3O2/c1-17-15-22-21(8-14-28-22)23(24-17)26-12-10-25(11-13-26)9-7-19-3-5-20(6-4-19)16-18(2)27/h15,19-20H,3-14,16H2,1-2H3. The number of rotatable bonds is 6. The predicted octanol–water partition coefficient (Wildman–Crippen LogP) is 3.62. The van der Waals surface area contributed by atoms with Gasteiger partial charge in [-0.05, 0) is 51.5 Å². The van der Waals surface area contributed by atoms with Crippen LogP contribution in [0.25, 0.3) is 0 Å². The molecule has 2 aliphatic heterocycles. The topological polar surface area (TPSA) is 45.7 Å². The Kier molecular flexibility index (Phi) is 6.19. The van der Waals surface area contributed by atoms with E-state index < -0.39 is 0 Å². The van der Waals surface area contributed by atoms with Gasteiger partial charge in [-0.1, -0.05) is 12.8 Å². The predicted molar refractivity (Wildman–Crippen MR) is 112 cm³/mol. The molecule has 0 amide bonds. The molecule has 5 heteroatoms. The Morgan fingerprint density at radius 2 is 1.86 bits per heavy atom. The Labute approximate surface area is 169 Å². The third-order valence-electron chi connectivity index (χ3n) is 6.87. The lowest BCUT2D eigenvalue weighted by atomic mass is 9.78. The van der Waals surface area contributed by atoms with Gasteiger partial charge in [0.2, 0.25) is 0 Å². The average Bonchev–Trinajstić information content (AvgIpc) is 3.15. The fourth-order valence-corrected chi connectivity index (χ4v) is 5.22. The number of hydrogen-bond donors (Lipinski definition) is 0. The first-order chi connectivity index (χ1) is 13.6. The highest BCUT2D eigenvalue weighted by Crippen LogP contribution is 2.35. The van der Waals surface area contributed by atoms with Crippen molar-refractivity contribution in [1.82, 2.24) is 9.88 Å². The molecular formula is C23H35N3O2. The van der Waals surface area contributed by atoms with Crippen LogP contribution in [0.3, 0.4) is 0 Å². The molecule has 1 aromatic heterocycles. The largest absolute Gasteiger partial charge is 0.493 e. The summed E-state index contributed by atoms with van der Waals surface area (Å²) < 4.78 is 5.77. The van der Waals surface area contributed by atoms with Crippen LogP contribution < -0.4 is 9.64 Å². The van der Waals surface area contributed by atoms with E-state index in [2.05, 4.69) is 22.8 Å². The number of Topliss-reactive ketones (excluding diaryl/α,β-unsaturated/α-hetero) is 1. The van der Waals surface area contributed by atoms with E-state index in [0.717, 1.165) is 68.8 Å². The molecule has 28 heavy (non-hydrogen) atoms. The van der Waals surface area contributed by atoms with Gasteiger partial charge in [-0.3, -0.25) is 4.90 Å². The highest BCUT2D eigenvalue weighted by molar-refractivity contribution is 5.75. The summed E-state index contributed by atoms with van der Waals surface area (Å²) in [7, 11) is 0. The van der Waals surface area contributed by atoms with Crippen LogP contribution in [0, 0.1) is 18.8 Å². The van der Waals surface area contributed by atoms with Crippen molar-refractivity contribution < 1.29 is 9.53 Å². The second-order valence-corrected chi connectivity index (χ2v) is 9.07. The van der Waals surface area contributed by atoms with Crippen molar-refractivity contribution in [2.24, 2.45) is 11.8 Å². The third kappa shape index (κ3) is 4.68. The highest BCUT2D eigenvalue weighted by atomic mass is 16.5. The molecule has 0 radical (unpaired) electrons. The molecule has 154 valence electrons. The maximum Gasteiger partial charge on any atom is 0.135 e. The van der Waals surface area contributed by atoms with Gasteiger partial charge in [0.1, 0.15) is 17.4 Å². The van der Waals surface area contributed by atoms with Crippen LogP contribution in [0.2, 0.25) is 0 Å². The number of nitrogens with zero attached hydrogens (tertiary/aromatic N) is 3. The van der Waals surface area contributed by atoms with Crippen LogP contribution in [-0.4, -0.2) is 55.0 Å². The molecule has 0 spiro atoms. The number of hydrogen-bond acceptors (Lipinski definition) is 5. The lowest BCUT2D eigenvalue weighted by molar-refractivity contribution is -0.118. The van der Waals surface area contributed by atoms with E-state index in [1.165, 1.54) is 44.2 Å². The van der Waals surface area contributed by atoms with E-state index >= 15 is 0 Å². The molecule has 3 heterocycles. The van der Waals surface area contributed by atoms with E-state index in [9.17, 15) is 4.79 Å². The van der Waals surface area contributed by atoms with Crippen LogP contribution in [0.15, 0.2) is 6.07 Å². The summed E-state index contributed by atoms with van der Waals surface area (Å²) in [5, 5.41) is 0. The second kappa shape index (κ2) is 8.81. The molecular weight excluding hydrogens is 350 g/mol. The fourth-order valence-electron chi connectivity index (χ4n) is 5.22. The quantitative estimate of drug-likeness (QED) is 0.748. The lowest BCUT2D eigenvalue weighted by Gasteiger charge is -2.37. The summed E-state index contributed by atoms with van der Waals surface area (Å²) in [6, 6.07) is 2.08. The van der Waals surface area contributed by atoms with Crippen molar-refractivity contribution in [2.75, 3.05) is 44.2 Å². The van der Waals surface area contributed by atoms with Crippen molar-refractivity contribution in [1.29, 1.82) is 0 Å². The van der Waals surface area contributed by atoms with Gasteiger partial charge in [-0.2, -0.15) is 0 Å². The number of aromatic nitrogens is 1. The van der Waals surface area contributed by atoms with Gasteiger partial charge in [0, 0.05) is 56.3 Å². The number of ketones is 1. The van der Waals surface area contributed by atoms with Crippen LogP contribution in [0.5, 0.6) is 5.75 Å². The van der Waals surface area contributed by atoms with Crippen LogP contribution in [-0.2, 0) is 11.2 Å². The summed E-state index contributed by atoms with van der Waals surface area (Å²) in [4.78, 5) is 21.2. The summed E-state index contributed by atoms with van der Waals surface area (Å²) in [6.07, 6.45) is 8.25. The molecule has 3 aliphatic rings. The maximum atomic E-state index is 11.3. The van der Waals surface area contributed by atoms with E-state index in [-0.39, 0.29) is 0 Å². The molecule has 0 unspecified atom stereocenters. The Bertz CT molecular complexity index is 689. The van der Waals surface area contributed by atoms with Gasteiger partial charge in [-0.25, -0.2) is 4.98 Å². The van der Waals surface area contributed by atoms with E-state index in [4.69, 9.17) is 9.72 Å². The first-order valence-electron chi connectivity index (χ1n) is 11.2. The van der Waals surface area contributed by atoms with Crippen LogP contribution in [0.1, 0.15) is 56.7 Å². The van der Waals surface area contributed by atoms with Crippen molar-refractivity contribution in [2.45, 2.75) is 58.8 Å². The molecule has 1 saturated carbocycles. The van der Waals surface area contributed by atoms with E-state index in [1.807, 2.05) is 0 Å². The average molecular weight is 386 g/mol. The molecule has 1 aliphatic carbocycles. The normalized spacial score (nSPS) is 25.4. The van der Waals surface area contributed by atoms with Gasteiger partial charge in [0.05, 0.1) is 6.61 Å². The summed E-state index contributed by atoms with van der Waals surface area (Å²) in [5.74, 6) is 4.09. The van der Waals surface area contributed by atoms with E-state index in [0.29, 0.717) is 11.7 Å². The SMILES string of the molecule is CC(=O)CC1CCC(CCN2CCN(c3nc(C)cc4c3CCO4)CC2)CC1. The molecule has 0 bridgehead atoms. The number of carbonyl (C=O) groups is 1. The number of pyridine rings is 1. The fraction of sp³-hybridized carbons (Fsp3) is 0.739. The minimum atomic E-state index is 0.363. The number of ether oxygens (including phenoxy) is 1. The van der Waals surface area contributed by atoms with Gasteiger partial charge in [0.25, 0.3) is 0 Å². The molecule has 1 saturated heterocycles. The molecule has 0 N–H and O–H groups in total. The monoisotopic (exact) mass is 385 g/mol.